The predicted molar refractivity (Wildman–Crippen MR) is 139 cm³/mol. The fourth-order valence-electron chi connectivity index (χ4n) is 3.80. The van der Waals surface area contributed by atoms with E-state index in [1.807, 2.05) is 5.32 Å². The van der Waals surface area contributed by atoms with Crippen LogP contribution < -0.4 is 55.9 Å². The molecule has 2 aliphatic rings. The summed E-state index contributed by atoms with van der Waals surface area (Å²) in [5.74, 6) is -2.45. The number of nitrogens with zero attached hydrogens (tertiary/aromatic N) is 3. The summed E-state index contributed by atoms with van der Waals surface area (Å²) in [5, 5.41) is 38.7. The molecule has 40 heavy (non-hydrogen) atoms. The van der Waals surface area contributed by atoms with Crippen molar-refractivity contribution in [1.29, 1.82) is 0 Å². The number of aromatic nitrogens is 2. The summed E-state index contributed by atoms with van der Waals surface area (Å²) in [7, 11) is 1.30. The molecule has 0 aliphatic carbocycles. The fourth-order valence-corrected chi connectivity index (χ4v) is 7.11. The number of hydrogen-bond donors (Lipinski definition) is 5. The normalized spacial score (nSPS) is 18.4. The summed E-state index contributed by atoms with van der Waals surface area (Å²) in [6.07, 6.45) is 0. The maximum absolute atomic E-state index is 13.2. The molecule has 0 radical (unpaired) electrons. The van der Waals surface area contributed by atoms with Gasteiger partial charge in [-0.25, -0.2) is 9.59 Å². The van der Waals surface area contributed by atoms with Gasteiger partial charge in [-0.05, 0) is 30.2 Å². The van der Waals surface area contributed by atoms with Crippen LogP contribution in [0.5, 0.6) is 5.75 Å². The molecule has 3 atom stereocenters. The van der Waals surface area contributed by atoms with E-state index >= 15 is 0 Å². The van der Waals surface area contributed by atoms with Gasteiger partial charge in [0.05, 0.1) is 11.7 Å². The number of thioether (sulfide) groups is 2. The number of β-lactam (4-membered cyclic amide) rings is 1. The molecule has 1 saturated heterocycles. The Labute approximate surface area is 262 Å². The standard InChI is InChI=1S/C22H23N7O7S3.Na/c1-9-27-28-22(39-9)38-8-11-7-37-18-14(17(32)29(18)15(11)19(33)34)24-16(31)13(10-3-5-12(30)6-4-10)25-21(36)26-20(35)23-2;/h3-6,13-14,18,30H,7-8H2,1-2H3,(H,24,31)(H,33,34)(H3,23,25,26,35,36);/q;+1/p-1/t13?,14?,18-;/m0./s1. The average molecular weight is 616 g/mol. The first-order valence-electron chi connectivity index (χ1n) is 11.3. The molecule has 5 N–H and O–H groups in total. The Kier molecular flexibility index (Phi) is 10.8. The first kappa shape index (κ1) is 31.7. The number of imide groups is 1. The topological polar surface area (TPSA) is 206 Å². The van der Waals surface area contributed by atoms with Crippen molar-refractivity contribution in [3.63, 3.8) is 0 Å². The minimum atomic E-state index is -1.50. The molecule has 2 aliphatic heterocycles. The van der Waals surface area contributed by atoms with E-state index in [0.717, 1.165) is 9.91 Å². The number of phenolic OH excluding ortho intramolecular Hbond substituents is 1. The number of carbonyl (C=O) groups is 5. The van der Waals surface area contributed by atoms with Gasteiger partial charge in [0.15, 0.2) is 4.34 Å². The number of carbonyl (C=O) groups excluding carboxylic acids is 5. The van der Waals surface area contributed by atoms with Gasteiger partial charge in [-0.1, -0.05) is 35.2 Å². The van der Waals surface area contributed by atoms with Crippen molar-refractivity contribution in [2.75, 3.05) is 18.6 Å². The SMILES string of the molecule is CNC(=O)NC(=O)NC(C(=O)NC1C(=O)N2C(C(=O)[O-])=C(CSc3nnc(C)s3)CS[C@@H]12)c1ccc(O)cc1.[Na+]. The molecule has 14 nitrogen and oxygen atoms in total. The summed E-state index contributed by atoms with van der Waals surface area (Å²) in [4.78, 5) is 63.1. The second kappa shape index (κ2) is 13.7. The van der Waals surface area contributed by atoms with Crippen molar-refractivity contribution in [2.24, 2.45) is 0 Å². The Hall–Kier alpha value is -2.83. The zero-order chi connectivity index (χ0) is 28.3. The molecule has 4 rings (SSSR count). The van der Waals surface area contributed by atoms with Gasteiger partial charge in [0, 0.05) is 18.6 Å². The number of aryl methyl sites for hydroxylation is 1. The van der Waals surface area contributed by atoms with Gasteiger partial charge in [0.1, 0.15) is 28.2 Å². The Morgan fingerprint density at radius 2 is 1.90 bits per heavy atom. The number of carboxylic acid groups (broad SMARTS) is 1. The van der Waals surface area contributed by atoms with Gasteiger partial charge in [0.2, 0.25) is 5.91 Å². The van der Waals surface area contributed by atoms with Crippen LogP contribution in [0.3, 0.4) is 0 Å². The number of aromatic hydroxyl groups is 1. The number of rotatable bonds is 8. The summed E-state index contributed by atoms with van der Waals surface area (Å²) in [5.41, 5.74) is 0.515. The minimum absolute atomic E-state index is 0. The van der Waals surface area contributed by atoms with Gasteiger partial charge in [0.25, 0.3) is 5.91 Å². The second-order valence-corrected chi connectivity index (χ2v) is 11.7. The molecule has 206 valence electrons. The number of benzene rings is 1. The molecular formula is C22H22N7NaO7S3. The fraction of sp³-hybridized carbons (Fsp3) is 0.318. The molecule has 1 aromatic carbocycles. The number of carboxylic acids is 1. The summed E-state index contributed by atoms with van der Waals surface area (Å²) in [6, 6.07) is 1.20. The van der Waals surface area contributed by atoms with E-state index in [1.165, 1.54) is 66.2 Å². The summed E-state index contributed by atoms with van der Waals surface area (Å²) < 4.78 is 0.665. The Balaban J connectivity index is 0.00000441. The van der Waals surface area contributed by atoms with Crippen LogP contribution in [0.4, 0.5) is 9.59 Å². The van der Waals surface area contributed by atoms with Crippen LogP contribution in [0.1, 0.15) is 16.6 Å². The Bertz CT molecular complexity index is 1350. The molecule has 2 aromatic rings. The van der Waals surface area contributed by atoms with Crippen molar-refractivity contribution in [3.8, 4) is 5.75 Å². The van der Waals surface area contributed by atoms with Gasteiger partial charge in [-0.3, -0.25) is 19.8 Å². The predicted octanol–water partition coefficient (Wildman–Crippen LogP) is -3.57. The van der Waals surface area contributed by atoms with Crippen molar-refractivity contribution in [1.82, 2.24) is 36.4 Å². The number of nitrogens with one attached hydrogen (secondary N) is 4. The van der Waals surface area contributed by atoms with Crippen LogP contribution in [-0.2, 0) is 14.4 Å². The van der Waals surface area contributed by atoms with Crippen LogP contribution in [-0.4, -0.2) is 80.0 Å². The van der Waals surface area contributed by atoms with Crippen LogP contribution in [0.25, 0.3) is 0 Å². The van der Waals surface area contributed by atoms with Gasteiger partial charge in [-0.2, -0.15) is 0 Å². The number of aliphatic carboxylic acids is 1. The van der Waals surface area contributed by atoms with Crippen molar-refractivity contribution in [2.45, 2.75) is 28.7 Å². The maximum Gasteiger partial charge on any atom is 1.00 e. The van der Waals surface area contributed by atoms with E-state index in [2.05, 4.69) is 26.1 Å². The van der Waals surface area contributed by atoms with Gasteiger partial charge >= 0.3 is 41.6 Å². The van der Waals surface area contributed by atoms with Gasteiger partial charge in [-0.15, -0.1) is 22.0 Å². The number of fused-ring (bicyclic) bond motifs is 1. The zero-order valence-corrected chi connectivity index (χ0v) is 25.9. The Morgan fingerprint density at radius 3 is 2.50 bits per heavy atom. The molecular weight excluding hydrogens is 593 g/mol. The van der Waals surface area contributed by atoms with Crippen molar-refractivity contribution >= 4 is 64.7 Å². The molecule has 1 fully saturated rings. The average Bonchev–Trinajstić information content (AvgIpc) is 3.33. The zero-order valence-electron chi connectivity index (χ0n) is 21.4. The van der Waals surface area contributed by atoms with Crippen LogP contribution >= 0.6 is 34.9 Å². The number of hydrogen-bond acceptors (Lipinski definition) is 12. The quantitative estimate of drug-likeness (QED) is 0.112. The number of amides is 6. The number of phenols is 1. The Morgan fingerprint density at radius 1 is 1.20 bits per heavy atom. The second-order valence-electron chi connectivity index (χ2n) is 8.21. The van der Waals surface area contributed by atoms with E-state index in [4.69, 9.17) is 0 Å². The largest absolute Gasteiger partial charge is 1.00 e. The summed E-state index contributed by atoms with van der Waals surface area (Å²) in [6.45, 7) is 1.80. The van der Waals surface area contributed by atoms with Crippen molar-refractivity contribution in [3.05, 3.63) is 46.1 Å². The monoisotopic (exact) mass is 615 g/mol. The molecule has 18 heteroatoms. The van der Waals surface area contributed by atoms with Crippen LogP contribution in [0, 0.1) is 6.92 Å². The van der Waals surface area contributed by atoms with E-state index in [1.54, 1.807) is 6.92 Å². The molecule has 0 bridgehead atoms. The molecule has 2 unspecified atom stereocenters. The van der Waals surface area contributed by atoms with E-state index in [0.29, 0.717) is 9.91 Å². The maximum atomic E-state index is 13.2. The van der Waals surface area contributed by atoms with E-state index in [9.17, 15) is 34.2 Å². The molecule has 3 heterocycles. The third-order valence-corrected chi connectivity index (χ3v) is 9.03. The van der Waals surface area contributed by atoms with E-state index < -0.39 is 47.3 Å². The third-order valence-electron chi connectivity index (χ3n) is 5.63. The molecule has 0 spiro atoms. The minimum Gasteiger partial charge on any atom is -0.543 e. The van der Waals surface area contributed by atoms with Crippen molar-refractivity contribution < 1.29 is 63.7 Å². The summed E-state index contributed by atoms with van der Waals surface area (Å²) >= 11 is 3.96. The van der Waals surface area contributed by atoms with E-state index in [-0.39, 0.29) is 58.1 Å². The molecule has 6 amide bonds. The molecule has 0 saturated carbocycles. The smallest absolute Gasteiger partial charge is 0.543 e. The first-order valence-corrected chi connectivity index (χ1v) is 14.1. The number of urea groups is 2. The van der Waals surface area contributed by atoms with Crippen LogP contribution in [0.2, 0.25) is 0 Å². The van der Waals surface area contributed by atoms with Crippen LogP contribution in [0.15, 0.2) is 39.9 Å². The molecule has 1 aromatic heterocycles. The van der Waals surface area contributed by atoms with Gasteiger partial charge < -0.3 is 31.0 Å². The first-order chi connectivity index (χ1) is 18.6. The third kappa shape index (κ3) is 7.08.